The van der Waals surface area contributed by atoms with Crippen molar-refractivity contribution < 1.29 is 13.6 Å². The van der Waals surface area contributed by atoms with Gasteiger partial charge in [0.05, 0.1) is 0 Å². The third-order valence-corrected chi connectivity index (χ3v) is 4.57. The number of benzene rings is 1. The highest BCUT2D eigenvalue weighted by Gasteiger charge is 2.17. The number of hydrogen-bond acceptors (Lipinski definition) is 4. The normalized spacial score (nSPS) is 12.8. The first-order valence-electron chi connectivity index (χ1n) is 6.26. The van der Waals surface area contributed by atoms with Gasteiger partial charge in [-0.2, -0.15) is 17.4 Å². The Morgan fingerprint density at radius 2 is 1.85 bits per heavy atom. The minimum absolute atomic E-state index is 0.0141. The Balaban J connectivity index is 2.71. The van der Waals surface area contributed by atoms with Crippen molar-refractivity contribution in [2.45, 2.75) is 20.4 Å². The second kappa shape index (κ2) is 7.22. The number of nitrogens with one attached hydrogen (secondary N) is 1. The lowest BCUT2D eigenvalue weighted by atomic mass is 10.1. The molecule has 1 aromatic carbocycles. The summed E-state index contributed by atoms with van der Waals surface area (Å²) in [6.07, 6.45) is 0. The highest BCUT2D eigenvalue weighted by atomic mass is 32.2. The fourth-order valence-corrected chi connectivity index (χ4v) is 2.89. The predicted molar refractivity (Wildman–Crippen MR) is 77.6 cm³/mol. The fraction of sp³-hybridized carbons (Fsp3) is 0.417. The van der Waals surface area contributed by atoms with Crippen molar-refractivity contribution in [2.24, 2.45) is 10.9 Å². The van der Waals surface area contributed by atoms with Crippen molar-refractivity contribution in [1.82, 2.24) is 9.03 Å². The maximum Gasteiger partial charge on any atom is 0.279 e. The first-order valence-corrected chi connectivity index (χ1v) is 7.70. The number of nitrogens with two attached hydrogens (primary N) is 1. The van der Waals surface area contributed by atoms with Crippen LogP contribution < -0.4 is 10.5 Å². The predicted octanol–water partition coefficient (Wildman–Crippen LogP) is 0.457. The molecule has 0 heterocycles. The summed E-state index contributed by atoms with van der Waals surface area (Å²) in [5.41, 5.74) is 6.80. The molecule has 4 N–H and O–H groups in total. The van der Waals surface area contributed by atoms with Crippen LogP contribution in [-0.4, -0.2) is 36.9 Å². The van der Waals surface area contributed by atoms with Crippen LogP contribution in [0.1, 0.15) is 25.0 Å². The van der Waals surface area contributed by atoms with Crippen molar-refractivity contribution in [1.29, 1.82) is 0 Å². The molecule has 0 aliphatic rings. The quantitative estimate of drug-likeness (QED) is 0.294. The number of amidine groups is 1. The van der Waals surface area contributed by atoms with Gasteiger partial charge in [0.15, 0.2) is 5.84 Å². The van der Waals surface area contributed by atoms with Gasteiger partial charge in [0, 0.05) is 25.2 Å². The lowest BCUT2D eigenvalue weighted by Gasteiger charge is -2.18. The van der Waals surface area contributed by atoms with Crippen LogP contribution in [0.4, 0.5) is 0 Å². The molecule has 0 aliphatic heterocycles. The Labute approximate surface area is 119 Å². The van der Waals surface area contributed by atoms with E-state index in [1.807, 2.05) is 0 Å². The molecule has 0 fully saturated rings. The number of oxime groups is 1. The standard InChI is InChI=1S/C12H20N4O3S/c1-3-16(4-2)20(18,19)14-9-10-5-7-11(8-6-10)12(13)15-17/h5-8,14,17H,3-4,9H2,1-2H3,(H2,13,15). The Kier molecular flexibility index (Phi) is 5.93. The molecule has 0 spiro atoms. The zero-order chi connectivity index (χ0) is 15.2. The molecule has 0 aliphatic carbocycles. The summed E-state index contributed by atoms with van der Waals surface area (Å²) in [5, 5.41) is 11.4. The van der Waals surface area contributed by atoms with E-state index in [9.17, 15) is 8.42 Å². The molecule has 7 nitrogen and oxygen atoms in total. The monoisotopic (exact) mass is 300 g/mol. The van der Waals surface area contributed by atoms with Crippen LogP contribution in [-0.2, 0) is 16.8 Å². The van der Waals surface area contributed by atoms with Crippen molar-refractivity contribution in [3.63, 3.8) is 0 Å². The molecule has 1 rings (SSSR count). The van der Waals surface area contributed by atoms with Crippen molar-refractivity contribution in [3.05, 3.63) is 35.4 Å². The van der Waals surface area contributed by atoms with Crippen molar-refractivity contribution >= 4 is 16.0 Å². The van der Waals surface area contributed by atoms with E-state index in [2.05, 4.69) is 9.88 Å². The number of hydrogen-bond donors (Lipinski definition) is 3. The van der Waals surface area contributed by atoms with Gasteiger partial charge in [-0.05, 0) is 5.56 Å². The molecule has 0 bridgehead atoms. The summed E-state index contributed by atoms with van der Waals surface area (Å²) >= 11 is 0. The molecule has 0 saturated carbocycles. The molecular formula is C12H20N4O3S. The van der Waals surface area contributed by atoms with Crippen LogP contribution >= 0.6 is 0 Å². The highest BCUT2D eigenvalue weighted by molar-refractivity contribution is 7.87. The van der Waals surface area contributed by atoms with E-state index in [-0.39, 0.29) is 12.4 Å². The largest absolute Gasteiger partial charge is 0.409 e. The van der Waals surface area contributed by atoms with Crippen molar-refractivity contribution in [2.75, 3.05) is 13.1 Å². The van der Waals surface area contributed by atoms with Crippen LogP contribution in [0.3, 0.4) is 0 Å². The molecule has 0 aromatic heterocycles. The molecule has 0 amide bonds. The maximum absolute atomic E-state index is 11.9. The second-order valence-electron chi connectivity index (χ2n) is 4.09. The van der Waals surface area contributed by atoms with Gasteiger partial charge in [0.1, 0.15) is 0 Å². The molecule has 0 saturated heterocycles. The van der Waals surface area contributed by atoms with Crippen molar-refractivity contribution in [3.8, 4) is 0 Å². The second-order valence-corrected chi connectivity index (χ2v) is 5.85. The minimum atomic E-state index is -3.46. The minimum Gasteiger partial charge on any atom is -0.409 e. The summed E-state index contributed by atoms with van der Waals surface area (Å²) < 4.78 is 27.7. The van der Waals surface area contributed by atoms with E-state index in [4.69, 9.17) is 10.9 Å². The van der Waals surface area contributed by atoms with Gasteiger partial charge >= 0.3 is 0 Å². The van der Waals surface area contributed by atoms with E-state index in [1.54, 1.807) is 38.1 Å². The topological polar surface area (TPSA) is 108 Å². The summed E-state index contributed by atoms with van der Waals surface area (Å²) in [4.78, 5) is 0. The Morgan fingerprint density at radius 3 is 2.30 bits per heavy atom. The van der Waals surface area contributed by atoms with Gasteiger partial charge in [-0.15, -0.1) is 0 Å². The van der Waals surface area contributed by atoms with Crippen LogP contribution in [0.15, 0.2) is 29.4 Å². The molecule has 0 atom stereocenters. The zero-order valence-electron chi connectivity index (χ0n) is 11.6. The highest BCUT2D eigenvalue weighted by Crippen LogP contribution is 2.05. The molecule has 20 heavy (non-hydrogen) atoms. The van der Waals surface area contributed by atoms with Gasteiger partial charge in [0.25, 0.3) is 10.2 Å². The Morgan fingerprint density at radius 1 is 1.30 bits per heavy atom. The van der Waals surface area contributed by atoms with Crippen LogP contribution in [0.2, 0.25) is 0 Å². The lowest BCUT2D eigenvalue weighted by molar-refractivity contribution is 0.318. The molecule has 0 unspecified atom stereocenters. The number of nitrogens with zero attached hydrogens (tertiary/aromatic N) is 2. The summed E-state index contributed by atoms with van der Waals surface area (Å²) in [7, 11) is -3.46. The van der Waals surface area contributed by atoms with E-state index in [0.29, 0.717) is 18.7 Å². The summed E-state index contributed by atoms with van der Waals surface area (Å²) in [6.45, 7) is 4.61. The summed E-state index contributed by atoms with van der Waals surface area (Å²) in [6, 6.07) is 6.77. The lowest BCUT2D eigenvalue weighted by Crippen LogP contribution is -2.40. The molecule has 1 aromatic rings. The molecule has 112 valence electrons. The first kappa shape index (κ1) is 16.4. The van der Waals surface area contributed by atoms with Crippen LogP contribution in [0.25, 0.3) is 0 Å². The zero-order valence-corrected chi connectivity index (χ0v) is 12.4. The van der Waals surface area contributed by atoms with E-state index >= 15 is 0 Å². The number of rotatable bonds is 7. The van der Waals surface area contributed by atoms with Gasteiger partial charge in [0.2, 0.25) is 0 Å². The maximum atomic E-state index is 11.9. The molecular weight excluding hydrogens is 280 g/mol. The van der Waals surface area contributed by atoms with Crippen LogP contribution in [0, 0.1) is 0 Å². The van der Waals surface area contributed by atoms with Gasteiger partial charge in [-0.1, -0.05) is 43.3 Å². The fourth-order valence-electron chi connectivity index (χ4n) is 1.68. The average Bonchev–Trinajstić information content (AvgIpc) is 2.46. The van der Waals surface area contributed by atoms with Crippen LogP contribution in [0.5, 0.6) is 0 Å². The third kappa shape index (κ3) is 4.19. The molecule has 8 heteroatoms. The average molecular weight is 300 g/mol. The SMILES string of the molecule is CCN(CC)S(=O)(=O)NCc1ccc(C(N)=NO)cc1. The molecule has 0 radical (unpaired) electrons. The van der Waals surface area contributed by atoms with E-state index < -0.39 is 10.2 Å². The Bertz CT molecular complexity index is 551. The first-order chi connectivity index (χ1) is 9.44. The van der Waals surface area contributed by atoms with E-state index in [1.165, 1.54) is 4.31 Å². The van der Waals surface area contributed by atoms with Gasteiger partial charge in [-0.25, -0.2) is 0 Å². The van der Waals surface area contributed by atoms with Gasteiger partial charge in [-0.3, -0.25) is 0 Å². The third-order valence-electron chi connectivity index (χ3n) is 2.86. The summed E-state index contributed by atoms with van der Waals surface area (Å²) in [5.74, 6) is 0.0141. The van der Waals surface area contributed by atoms with E-state index in [0.717, 1.165) is 5.56 Å². The smallest absolute Gasteiger partial charge is 0.279 e. The Hall–Kier alpha value is -1.64. The van der Waals surface area contributed by atoms with Gasteiger partial charge < -0.3 is 10.9 Å².